The van der Waals surface area contributed by atoms with Crippen molar-refractivity contribution in [3.05, 3.63) is 30.1 Å². The first-order valence-corrected chi connectivity index (χ1v) is 5.79. The average Bonchev–Trinajstić information content (AvgIpc) is 3.09. The van der Waals surface area contributed by atoms with Gasteiger partial charge in [0, 0.05) is 44.0 Å². The highest BCUT2D eigenvalue weighted by atomic mass is 15.0. The Morgan fingerprint density at radius 2 is 2.13 bits per heavy atom. The van der Waals surface area contributed by atoms with Crippen LogP contribution < -0.4 is 10.6 Å². The van der Waals surface area contributed by atoms with Crippen molar-refractivity contribution in [2.45, 2.75) is 25.3 Å². The minimum Gasteiger partial charge on any atom is -0.315 e. The number of nitrogens with one attached hydrogen (secondary N) is 2. The lowest BCUT2D eigenvalue weighted by Crippen LogP contribution is -2.29. The second-order valence-electron chi connectivity index (χ2n) is 4.05. The summed E-state index contributed by atoms with van der Waals surface area (Å²) in [5.41, 5.74) is 1.17. The predicted molar refractivity (Wildman–Crippen MR) is 61.8 cm³/mol. The summed E-state index contributed by atoms with van der Waals surface area (Å²) in [6.07, 6.45) is 5.61. The first-order chi connectivity index (χ1) is 7.45. The van der Waals surface area contributed by atoms with Gasteiger partial charge >= 0.3 is 0 Å². The van der Waals surface area contributed by atoms with E-state index in [2.05, 4.69) is 21.7 Å². The summed E-state index contributed by atoms with van der Waals surface area (Å²) < 4.78 is 0. The smallest absolute Gasteiger partial charge is 0.0416 e. The van der Waals surface area contributed by atoms with Crippen LogP contribution in [0.25, 0.3) is 0 Å². The van der Waals surface area contributed by atoms with Crippen LogP contribution in [0.15, 0.2) is 24.4 Å². The molecule has 1 aromatic rings. The van der Waals surface area contributed by atoms with Crippen molar-refractivity contribution in [3.63, 3.8) is 0 Å². The number of rotatable bonds is 7. The molecule has 0 bridgehead atoms. The van der Waals surface area contributed by atoms with E-state index in [4.69, 9.17) is 0 Å². The Bertz CT molecular complexity index is 269. The van der Waals surface area contributed by atoms with Gasteiger partial charge in [-0.15, -0.1) is 0 Å². The molecule has 15 heavy (non-hydrogen) atoms. The molecule has 1 heterocycles. The summed E-state index contributed by atoms with van der Waals surface area (Å²) in [5.74, 6) is 0. The zero-order valence-electron chi connectivity index (χ0n) is 9.08. The molecule has 2 rings (SSSR count). The van der Waals surface area contributed by atoms with E-state index in [0.29, 0.717) is 0 Å². The Labute approximate surface area is 91.3 Å². The third-order valence-corrected chi connectivity index (χ3v) is 2.60. The van der Waals surface area contributed by atoms with Crippen molar-refractivity contribution in [2.24, 2.45) is 0 Å². The molecule has 3 nitrogen and oxygen atoms in total. The lowest BCUT2D eigenvalue weighted by molar-refractivity contribution is 0.606. The molecule has 0 unspecified atom stereocenters. The Kier molecular flexibility index (Phi) is 4.11. The number of hydrogen-bond donors (Lipinski definition) is 2. The minimum atomic E-state index is 0.822. The zero-order valence-corrected chi connectivity index (χ0v) is 9.08. The Balaban J connectivity index is 1.47. The van der Waals surface area contributed by atoms with Gasteiger partial charge in [-0.05, 0) is 25.0 Å². The molecule has 0 aromatic carbocycles. The fourth-order valence-corrected chi connectivity index (χ4v) is 1.54. The van der Waals surface area contributed by atoms with Crippen LogP contribution in [0.5, 0.6) is 0 Å². The monoisotopic (exact) mass is 205 g/mol. The van der Waals surface area contributed by atoms with Crippen LogP contribution in [0.3, 0.4) is 0 Å². The molecule has 1 aliphatic rings. The van der Waals surface area contributed by atoms with Crippen molar-refractivity contribution >= 4 is 0 Å². The molecule has 1 aliphatic carbocycles. The number of nitrogens with zero attached hydrogens (tertiary/aromatic N) is 1. The van der Waals surface area contributed by atoms with Gasteiger partial charge in [-0.3, -0.25) is 4.98 Å². The highest BCUT2D eigenvalue weighted by Gasteiger charge is 2.19. The quantitative estimate of drug-likeness (QED) is 0.651. The molecule has 2 N–H and O–H groups in total. The summed E-state index contributed by atoms with van der Waals surface area (Å²) >= 11 is 0. The molecule has 1 aromatic heterocycles. The van der Waals surface area contributed by atoms with Gasteiger partial charge in [0.15, 0.2) is 0 Å². The summed E-state index contributed by atoms with van der Waals surface area (Å²) in [5, 5.41) is 6.89. The molecular formula is C12H19N3. The predicted octanol–water partition coefficient (Wildman–Crippen LogP) is 0.966. The summed E-state index contributed by atoms with van der Waals surface area (Å²) in [7, 11) is 0. The van der Waals surface area contributed by atoms with Crippen molar-refractivity contribution in [3.8, 4) is 0 Å². The van der Waals surface area contributed by atoms with E-state index in [0.717, 1.165) is 32.1 Å². The summed E-state index contributed by atoms with van der Waals surface area (Å²) in [6, 6.07) is 6.89. The van der Waals surface area contributed by atoms with Gasteiger partial charge in [0.05, 0.1) is 0 Å². The van der Waals surface area contributed by atoms with E-state index >= 15 is 0 Å². The maximum absolute atomic E-state index is 4.28. The van der Waals surface area contributed by atoms with Crippen molar-refractivity contribution in [2.75, 3.05) is 19.6 Å². The zero-order chi connectivity index (χ0) is 10.3. The number of hydrogen-bond acceptors (Lipinski definition) is 3. The highest BCUT2D eigenvalue weighted by molar-refractivity contribution is 5.03. The first-order valence-electron chi connectivity index (χ1n) is 5.79. The lowest BCUT2D eigenvalue weighted by atomic mass is 10.3. The minimum absolute atomic E-state index is 0.822. The Morgan fingerprint density at radius 1 is 1.20 bits per heavy atom. The molecular weight excluding hydrogens is 186 g/mol. The van der Waals surface area contributed by atoms with Gasteiger partial charge in [0.1, 0.15) is 0 Å². The van der Waals surface area contributed by atoms with E-state index < -0.39 is 0 Å². The van der Waals surface area contributed by atoms with Crippen molar-refractivity contribution in [1.29, 1.82) is 0 Å². The first kappa shape index (κ1) is 10.6. The molecule has 0 spiro atoms. The standard InChI is InChI=1S/C12H19N3/c1-2-7-14-11(3-1)6-8-13-9-10-15-12-4-5-12/h1-3,7,12-13,15H,4-6,8-10H2. The van der Waals surface area contributed by atoms with E-state index in [9.17, 15) is 0 Å². The molecule has 0 saturated heterocycles. The number of aromatic nitrogens is 1. The van der Waals surface area contributed by atoms with Gasteiger partial charge in [0.2, 0.25) is 0 Å². The third kappa shape index (κ3) is 4.40. The normalized spacial score (nSPS) is 15.5. The van der Waals surface area contributed by atoms with E-state index in [1.807, 2.05) is 18.3 Å². The fraction of sp³-hybridized carbons (Fsp3) is 0.583. The van der Waals surface area contributed by atoms with Crippen molar-refractivity contribution in [1.82, 2.24) is 15.6 Å². The maximum Gasteiger partial charge on any atom is 0.0416 e. The van der Waals surface area contributed by atoms with Crippen LogP contribution in [-0.2, 0) is 6.42 Å². The largest absolute Gasteiger partial charge is 0.315 e. The molecule has 82 valence electrons. The van der Waals surface area contributed by atoms with Gasteiger partial charge < -0.3 is 10.6 Å². The van der Waals surface area contributed by atoms with Gasteiger partial charge in [0.25, 0.3) is 0 Å². The Morgan fingerprint density at radius 3 is 2.87 bits per heavy atom. The lowest BCUT2D eigenvalue weighted by Gasteiger charge is -2.05. The molecule has 1 saturated carbocycles. The highest BCUT2D eigenvalue weighted by Crippen LogP contribution is 2.17. The summed E-state index contributed by atoms with van der Waals surface area (Å²) in [6.45, 7) is 3.17. The maximum atomic E-state index is 4.28. The van der Waals surface area contributed by atoms with E-state index in [-0.39, 0.29) is 0 Å². The Hall–Kier alpha value is -0.930. The second-order valence-corrected chi connectivity index (χ2v) is 4.05. The third-order valence-electron chi connectivity index (χ3n) is 2.60. The molecule has 0 amide bonds. The van der Waals surface area contributed by atoms with E-state index in [1.54, 1.807) is 0 Å². The average molecular weight is 205 g/mol. The molecule has 1 fully saturated rings. The molecule has 0 aliphatic heterocycles. The van der Waals surface area contributed by atoms with Gasteiger partial charge in [-0.2, -0.15) is 0 Å². The van der Waals surface area contributed by atoms with Crippen LogP contribution in [-0.4, -0.2) is 30.7 Å². The topological polar surface area (TPSA) is 37.0 Å². The van der Waals surface area contributed by atoms with Crippen LogP contribution in [0, 0.1) is 0 Å². The van der Waals surface area contributed by atoms with Crippen LogP contribution in [0.2, 0.25) is 0 Å². The van der Waals surface area contributed by atoms with Gasteiger partial charge in [-0.25, -0.2) is 0 Å². The van der Waals surface area contributed by atoms with E-state index in [1.165, 1.54) is 18.5 Å². The van der Waals surface area contributed by atoms with Crippen LogP contribution >= 0.6 is 0 Å². The summed E-state index contributed by atoms with van der Waals surface area (Å²) in [4.78, 5) is 4.28. The van der Waals surface area contributed by atoms with Crippen LogP contribution in [0.4, 0.5) is 0 Å². The SMILES string of the molecule is c1ccc(CCNCCNC2CC2)nc1. The molecule has 0 atom stereocenters. The van der Waals surface area contributed by atoms with Gasteiger partial charge in [-0.1, -0.05) is 6.07 Å². The molecule has 0 radical (unpaired) electrons. The number of pyridine rings is 1. The van der Waals surface area contributed by atoms with Crippen LogP contribution in [0.1, 0.15) is 18.5 Å². The van der Waals surface area contributed by atoms with Crippen molar-refractivity contribution < 1.29 is 0 Å². The second kappa shape index (κ2) is 5.83. The fourth-order valence-electron chi connectivity index (χ4n) is 1.54. The molecule has 3 heteroatoms.